The molecule has 146 valence electrons. The van der Waals surface area contributed by atoms with Crippen LogP contribution < -0.4 is 0 Å². The number of aryl methyl sites for hydroxylation is 3. The van der Waals surface area contributed by atoms with Gasteiger partial charge in [-0.15, -0.1) is 0 Å². The Bertz CT molecular complexity index is 998. The van der Waals surface area contributed by atoms with E-state index in [1.807, 2.05) is 18.4 Å². The fourth-order valence-electron chi connectivity index (χ4n) is 3.20. The molecule has 0 aliphatic heterocycles. The van der Waals surface area contributed by atoms with Crippen molar-refractivity contribution in [2.45, 2.75) is 33.7 Å². The molecule has 3 rings (SSSR count). The number of hydrogen-bond acceptors (Lipinski definition) is 4. The van der Waals surface area contributed by atoms with Crippen molar-refractivity contribution in [2.75, 3.05) is 6.61 Å². The van der Waals surface area contributed by atoms with Crippen molar-refractivity contribution in [1.82, 2.24) is 4.57 Å². The second-order valence-corrected chi connectivity index (χ2v) is 6.70. The number of carbonyl (C=O) groups excluding carboxylic acids is 2. The van der Waals surface area contributed by atoms with Gasteiger partial charge in [0.15, 0.2) is 6.61 Å². The van der Waals surface area contributed by atoms with E-state index in [0.717, 1.165) is 23.4 Å². The fourth-order valence-corrected chi connectivity index (χ4v) is 3.20. The molecule has 0 bridgehead atoms. The van der Waals surface area contributed by atoms with Gasteiger partial charge in [0.2, 0.25) is 5.78 Å². The lowest BCUT2D eigenvalue weighted by atomic mass is 10.1. The molecule has 0 fully saturated rings. The molecule has 5 nitrogen and oxygen atoms in total. The maximum absolute atomic E-state index is 13.0. The highest BCUT2D eigenvalue weighted by Crippen LogP contribution is 2.18. The molecule has 3 aromatic rings. The Balaban J connectivity index is 1.65. The first-order valence-corrected chi connectivity index (χ1v) is 9.02. The lowest BCUT2D eigenvalue weighted by Crippen LogP contribution is -2.15. The Hall–Kier alpha value is -3.15. The number of ether oxygens (including phenoxy) is 1. The minimum absolute atomic E-state index is 0.254. The van der Waals surface area contributed by atoms with E-state index in [1.165, 1.54) is 24.5 Å². The van der Waals surface area contributed by atoms with Gasteiger partial charge in [0, 0.05) is 23.5 Å². The van der Waals surface area contributed by atoms with Crippen molar-refractivity contribution < 1.29 is 23.1 Å². The first-order valence-electron chi connectivity index (χ1n) is 9.02. The predicted molar refractivity (Wildman–Crippen MR) is 102 cm³/mol. The molecule has 0 atom stereocenters. The molecule has 2 aromatic heterocycles. The minimum atomic E-state index is -0.579. The van der Waals surface area contributed by atoms with Crippen LogP contribution in [0.25, 0.3) is 0 Å². The van der Waals surface area contributed by atoms with Gasteiger partial charge in [0.1, 0.15) is 17.1 Å². The molecule has 6 heteroatoms. The number of aromatic nitrogens is 1. The molecule has 0 aliphatic rings. The van der Waals surface area contributed by atoms with E-state index in [4.69, 9.17) is 9.15 Å². The lowest BCUT2D eigenvalue weighted by molar-refractivity contribution is 0.0472. The Morgan fingerprint density at radius 1 is 1.07 bits per heavy atom. The van der Waals surface area contributed by atoms with Crippen molar-refractivity contribution in [3.63, 3.8) is 0 Å². The number of nitrogens with zero attached hydrogens (tertiary/aromatic N) is 1. The van der Waals surface area contributed by atoms with Crippen LogP contribution in [0, 0.1) is 26.6 Å². The smallest absolute Gasteiger partial charge is 0.342 e. The maximum atomic E-state index is 13.0. The van der Waals surface area contributed by atoms with E-state index in [0.29, 0.717) is 23.4 Å². The topological polar surface area (TPSA) is 61.4 Å². The molecule has 28 heavy (non-hydrogen) atoms. The monoisotopic (exact) mass is 383 g/mol. The Morgan fingerprint density at radius 3 is 2.43 bits per heavy atom. The van der Waals surface area contributed by atoms with Gasteiger partial charge in [0.25, 0.3) is 0 Å². The second kappa shape index (κ2) is 8.25. The SMILES string of the molecule is Cc1occc1C(=O)OCC(=O)c1cc(C)n(CCc2ccc(F)cc2)c1C. The lowest BCUT2D eigenvalue weighted by Gasteiger charge is -2.10. The fraction of sp³-hybridized carbons (Fsp3) is 0.273. The van der Waals surface area contributed by atoms with Gasteiger partial charge in [-0.25, -0.2) is 9.18 Å². The summed E-state index contributed by atoms with van der Waals surface area (Å²) in [7, 11) is 0. The predicted octanol–water partition coefficient (Wildman–Crippen LogP) is 4.43. The van der Waals surface area contributed by atoms with E-state index >= 15 is 0 Å². The van der Waals surface area contributed by atoms with Crippen molar-refractivity contribution in [2.24, 2.45) is 0 Å². The summed E-state index contributed by atoms with van der Waals surface area (Å²) < 4.78 is 25.3. The average molecular weight is 383 g/mol. The van der Waals surface area contributed by atoms with Crippen LogP contribution in [0.5, 0.6) is 0 Å². The van der Waals surface area contributed by atoms with Crippen LogP contribution in [0.15, 0.2) is 47.1 Å². The normalized spacial score (nSPS) is 10.9. The number of ketones is 1. The van der Waals surface area contributed by atoms with E-state index < -0.39 is 5.97 Å². The molecular formula is C22H22FNO4. The van der Waals surface area contributed by atoms with Crippen molar-refractivity contribution in [1.29, 1.82) is 0 Å². The number of Topliss-reactive ketones (excluding diaryl/α,β-unsaturated/α-hetero) is 1. The molecule has 0 saturated heterocycles. The van der Waals surface area contributed by atoms with E-state index in [2.05, 4.69) is 0 Å². The van der Waals surface area contributed by atoms with Gasteiger partial charge in [-0.05, 0) is 57.0 Å². The first kappa shape index (κ1) is 19.6. The van der Waals surface area contributed by atoms with Gasteiger partial charge in [0.05, 0.1) is 6.26 Å². The number of halogens is 1. The number of rotatable bonds is 7. The Morgan fingerprint density at radius 2 is 1.79 bits per heavy atom. The molecular weight excluding hydrogens is 361 g/mol. The van der Waals surface area contributed by atoms with Crippen LogP contribution in [-0.2, 0) is 17.7 Å². The van der Waals surface area contributed by atoms with Gasteiger partial charge in [-0.1, -0.05) is 12.1 Å². The van der Waals surface area contributed by atoms with Gasteiger partial charge in [-0.3, -0.25) is 4.79 Å². The van der Waals surface area contributed by atoms with E-state index in [1.54, 1.807) is 25.1 Å². The number of carbonyl (C=O) groups is 2. The van der Waals surface area contributed by atoms with Crippen LogP contribution in [0.3, 0.4) is 0 Å². The summed E-state index contributed by atoms with van der Waals surface area (Å²) in [5, 5.41) is 0. The van der Waals surface area contributed by atoms with Crippen LogP contribution in [0.1, 0.15) is 43.4 Å². The highest BCUT2D eigenvalue weighted by Gasteiger charge is 2.19. The summed E-state index contributed by atoms with van der Waals surface area (Å²) >= 11 is 0. The van der Waals surface area contributed by atoms with Crippen LogP contribution >= 0.6 is 0 Å². The Kier molecular flexibility index (Phi) is 5.78. The van der Waals surface area contributed by atoms with Crippen molar-refractivity contribution in [3.05, 3.63) is 82.3 Å². The summed E-state index contributed by atoms with van der Waals surface area (Å²) in [5.74, 6) is -0.637. The maximum Gasteiger partial charge on any atom is 0.342 e. The molecule has 1 aromatic carbocycles. The third kappa shape index (κ3) is 4.22. The van der Waals surface area contributed by atoms with Gasteiger partial charge < -0.3 is 13.7 Å². The van der Waals surface area contributed by atoms with Crippen LogP contribution in [0.4, 0.5) is 4.39 Å². The molecule has 0 unspecified atom stereocenters. The summed E-state index contributed by atoms with van der Waals surface area (Å²) in [6.45, 7) is 5.80. The zero-order chi connectivity index (χ0) is 20.3. The summed E-state index contributed by atoms with van der Waals surface area (Å²) in [4.78, 5) is 24.6. The van der Waals surface area contributed by atoms with E-state index in [9.17, 15) is 14.0 Å². The Labute approximate surface area is 162 Å². The minimum Gasteiger partial charge on any atom is -0.469 e. The molecule has 2 heterocycles. The average Bonchev–Trinajstić information content (AvgIpc) is 3.22. The van der Waals surface area contributed by atoms with Crippen molar-refractivity contribution >= 4 is 11.8 Å². The molecule has 0 radical (unpaired) electrons. The molecule has 0 saturated carbocycles. The first-order chi connectivity index (χ1) is 13.4. The summed E-state index contributed by atoms with van der Waals surface area (Å²) in [6.07, 6.45) is 2.13. The number of furan rings is 1. The van der Waals surface area contributed by atoms with Gasteiger partial charge in [-0.2, -0.15) is 0 Å². The highest BCUT2D eigenvalue weighted by atomic mass is 19.1. The quantitative estimate of drug-likeness (QED) is 0.447. The molecule has 0 N–H and O–H groups in total. The molecule has 0 spiro atoms. The zero-order valence-corrected chi connectivity index (χ0v) is 16.1. The molecule has 0 aliphatic carbocycles. The highest BCUT2D eigenvalue weighted by molar-refractivity contribution is 6.00. The number of hydrogen-bond donors (Lipinski definition) is 0. The third-order valence-electron chi connectivity index (χ3n) is 4.82. The molecule has 0 amide bonds. The summed E-state index contributed by atoms with van der Waals surface area (Å²) in [6, 6.07) is 9.72. The standard InChI is InChI=1S/C22H22FNO4/c1-14-12-20(21(25)13-28-22(26)19-9-11-27-16(19)3)15(2)24(14)10-8-17-4-6-18(23)7-5-17/h4-7,9,11-12H,8,10,13H2,1-3H3. The third-order valence-corrected chi connectivity index (χ3v) is 4.82. The number of benzene rings is 1. The van der Waals surface area contributed by atoms with Gasteiger partial charge >= 0.3 is 5.97 Å². The van der Waals surface area contributed by atoms with E-state index in [-0.39, 0.29) is 18.2 Å². The second-order valence-electron chi connectivity index (χ2n) is 6.70. The van der Waals surface area contributed by atoms with Crippen LogP contribution in [-0.4, -0.2) is 22.9 Å². The largest absolute Gasteiger partial charge is 0.469 e. The van der Waals surface area contributed by atoms with Crippen molar-refractivity contribution in [3.8, 4) is 0 Å². The van der Waals surface area contributed by atoms with Crippen LogP contribution in [0.2, 0.25) is 0 Å². The summed E-state index contributed by atoms with van der Waals surface area (Å²) in [5.41, 5.74) is 3.64. The zero-order valence-electron chi connectivity index (χ0n) is 16.1. The number of esters is 1.